The summed E-state index contributed by atoms with van der Waals surface area (Å²) in [5.41, 5.74) is 0. The summed E-state index contributed by atoms with van der Waals surface area (Å²) in [6.45, 7) is -0.239. The van der Waals surface area contributed by atoms with E-state index in [2.05, 4.69) is 4.74 Å². The molecule has 1 aromatic heterocycles. The Morgan fingerprint density at radius 3 is 2.36 bits per heavy atom. The average molecular weight is 439 g/mol. The standard InChI is InChI=1S/C16H16F3NO6S2/c17-16(18,19)26-12-3-5-14(6-4-12)28(23,24)20-8-7-15(10-20)27(21,22)11-13-2-1-9-25-13/h1-6,9,15H,7-8,10-11H2/t15-/m1/s1. The maximum atomic E-state index is 12.7. The number of sulfonamides is 1. The maximum absolute atomic E-state index is 12.7. The monoisotopic (exact) mass is 439 g/mol. The lowest BCUT2D eigenvalue weighted by molar-refractivity contribution is -0.274. The van der Waals surface area contributed by atoms with Crippen molar-refractivity contribution >= 4 is 19.9 Å². The average Bonchev–Trinajstić information content (AvgIpc) is 3.25. The van der Waals surface area contributed by atoms with Gasteiger partial charge in [-0.15, -0.1) is 13.2 Å². The molecule has 1 aliphatic rings. The molecule has 1 aliphatic heterocycles. The Balaban J connectivity index is 1.71. The molecule has 1 fully saturated rings. The predicted molar refractivity (Wildman–Crippen MR) is 91.6 cm³/mol. The summed E-state index contributed by atoms with van der Waals surface area (Å²) in [5, 5.41) is -0.889. The fraction of sp³-hybridized carbons (Fsp3) is 0.375. The molecule has 0 unspecified atom stereocenters. The first-order chi connectivity index (χ1) is 13.0. The molecule has 1 aromatic carbocycles. The molecule has 1 atom stereocenters. The van der Waals surface area contributed by atoms with Gasteiger partial charge in [0.15, 0.2) is 9.84 Å². The Hall–Kier alpha value is -2.05. The van der Waals surface area contributed by atoms with E-state index in [0.717, 1.165) is 28.6 Å². The summed E-state index contributed by atoms with van der Waals surface area (Å²) in [7, 11) is -7.68. The smallest absolute Gasteiger partial charge is 0.468 e. The van der Waals surface area contributed by atoms with Crippen LogP contribution >= 0.6 is 0 Å². The lowest BCUT2D eigenvalue weighted by atomic mass is 10.3. The Labute approximate surface area is 159 Å². The van der Waals surface area contributed by atoms with E-state index in [0.29, 0.717) is 0 Å². The minimum absolute atomic E-state index is 0.00874. The van der Waals surface area contributed by atoms with Gasteiger partial charge in [0.05, 0.1) is 16.4 Å². The molecule has 0 radical (unpaired) electrons. The first-order valence-corrected chi connectivity index (χ1v) is 11.2. The van der Waals surface area contributed by atoms with E-state index >= 15 is 0 Å². The van der Waals surface area contributed by atoms with Gasteiger partial charge < -0.3 is 9.15 Å². The summed E-state index contributed by atoms with van der Waals surface area (Å²) < 4.78 is 96.7. The largest absolute Gasteiger partial charge is 0.573 e. The first-order valence-electron chi connectivity index (χ1n) is 8.07. The van der Waals surface area contributed by atoms with Crippen LogP contribution in [0, 0.1) is 0 Å². The molecule has 2 aromatic rings. The van der Waals surface area contributed by atoms with Gasteiger partial charge in [-0.1, -0.05) is 0 Å². The van der Waals surface area contributed by atoms with Gasteiger partial charge in [0.25, 0.3) is 0 Å². The van der Waals surface area contributed by atoms with Gasteiger partial charge in [-0.05, 0) is 42.8 Å². The van der Waals surface area contributed by atoms with Crippen LogP contribution in [0.3, 0.4) is 0 Å². The number of furan rings is 1. The van der Waals surface area contributed by atoms with Crippen LogP contribution in [-0.2, 0) is 25.6 Å². The highest BCUT2D eigenvalue weighted by Crippen LogP contribution is 2.28. The number of hydrogen-bond acceptors (Lipinski definition) is 6. The van der Waals surface area contributed by atoms with E-state index in [-0.39, 0.29) is 35.9 Å². The number of ether oxygens (including phenoxy) is 1. The molecule has 0 N–H and O–H groups in total. The summed E-state index contributed by atoms with van der Waals surface area (Å²) in [6.07, 6.45) is -3.41. The highest BCUT2D eigenvalue weighted by molar-refractivity contribution is 7.91. The molecule has 0 bridgehead atoms. The zero-order valence-corrected chi connectivity index (χ0v) is 15.9. The second-order valence-electron chi connectivity index (χ2n) is 6.18. The fourth-order valence-corrected chi connectivity index (χ4v) is 6.14. The molecular weight excluding hydrogens is 423 g/mol. The maximum Gasteiger partial charge on any atom is 0.573 e. The van der Waals surface area contributed by atoms with Gasteiger partial charge >= 0.3 is 6.36 Å². The number of alkyl halides is 3. The Morgan fingerprint density at radius 1 is 1.11 bits per heavy atom. The van der Waals surface area contributed by atoms with Gasteiger partial charge in [0.1, 0.15) is 17.3 Å². The first kappa shape index (κ1) is 20.7. The number of rotatable bonds is 6. The molecule has 1 saturated heterocycles. The lowest BCUT2D eigenvalue weighted by Crippen LogP contribution is -2.32. The minimum Gasteiger partial charge on any atom is -0.468 e. The number of hydrogen-bond donors (Lipinski definition) is 0. The van der Waals surface area contributed by atoms with Crippen molar-refractivity contribution < 1.29 is 39.2 Å². The molecule has 7 nitrogen and oxygen atoms in total. The Morgan fingerprint density at radius 2 is 1.79 bits per heavy atom. The van der Waals surface area contributed by atoms with E-state index in [4.69, 9.17) is 4.42 Å². The Kier molecular flexibility index (Phi) is 5.47. The molecule has 0 aliphatic carbocycles. The van der Waals surface area contributed by atoms with Crippen molar-refractivity contribution in [2.24, 2.45) is 0 Å². The molecule has 0 spiro atoms. The van der Waals surface area contributed by atoms with Crippen LogP contribution in [-0.4, -0.2) is 45.8 Å². The topological polar surface area (TPSA) is 93.9 Å². The lowest BCUT2D eigenvalue weighted by Gasteiger charge is -2.17. The van der Waals surface area contributed by atoms with Crippen molar-refractivity contribution in [2.45, 2.75) is 28.7 Å². The molecule has 12 heteroatoms. The summed E-state index contributed by atoms with van der Waals surface area (Å²) in [5.74, 6) is -0.615. The van der Waals surface area contributed by atoms with E-state index in [1.165, 1.54) is 12.3 Å². The zero-order valence-electron chi connectivity index (χ0n) is 14.3. The van der Waals surface area contributed by atoms with Crippen LogP contribution in [0.15, 0.2) is 52.0 Å². The second-order valence-corrected chi connectivity index (χ2v) is 10.4. The van der Waals surface area contributed by atoms with Crippen LogP contribution in [0.25, 0.3) is 0 Å². The number of nitrogens with zero attached hydrogens (tertiary/aromatic N) is 1. The second kappa shape index (κ2) is 7.41. The number of halogens is 3. The van der Waals surface area contributed by atoms with Crippen LogP contribution in [0.4, 0.5) is 13.2 Å². The summed E-state index contributed by atoms with van der Waals surface area (Å²) >= 11 is 0. The Bertz CT molecular complexity index is 1020. The molecule has 28 heavy (non-hydrogen) atoms. The molecule has 154 valence electrons. The third-order valence-electron chi connectivity index (χ3n) is 4.23. The molecule has 0 saturated carbocycles. The van der Waals surface area contributed by atoms with Gasteiger partial charge in [-0.3, -0.25) is 0 Å². The van der Waals surface area contributed by atoms with Gasteiger partial charge in [0.2, 0.25) is 10.0 Å². The van der Waals surface area contributed by atoms with Crippen molar-refractivity contribution in [2.75, 3.05) is 13.1 Å². The van der Waals surface area contributed by atoms with E-state index in [1.807, 2.05) is 0 Å². The van der Waals surface area contributed by atoms with Crippen LogP contribution in [0.1, 0.15) is 12.2 Å². The summed E-state index contributed by atoms with van der Waals surface area (Å²) in [4.78, 5) is -0.244. The fourth-order valence-electron chi connectivity index (χ4n) is 2.88. The summed E-state index contributed by atoms with van der Waals surface area (Å²) in [6, 6.07) is 6.83. The van der Waals surface area contributed by atoms with Crippen molar-refractivity contribution in [3.63, 3.8) is 0 Å². The third-order valence-corrected chi connectivity index (χ3v) is 8.20. The van der Waals surface area contributed by atoms with Crippen molar-refractivity contribution in [3.8, 4) is 5.75 Å². The van der Waals surface area contributed by atoms with Crippen molar-refractivity contribution in [1.82, 2.24) is 4.31 Å². The number of sulfone groups is 1. The van der Waals surface area contributed by atoms with Crippen LogP contribution in [0.5, 0.6) is 5.75 Å². The minimum atomic E-state index is -4.88. The number of benzene rings is 1. The molecular formula is C16H16F3NO6S2. The zero-order chi connectivity index (χ0) is 20.6. The molecule has 0 amide bonds. The molecule has 3 rings (SSSR count). The van der Waals surface area contributed by atoms with Gasteiger partial charge in [-0.2, -0.15) is 4.31 Å². The van der Waals surface area contributed by atoms with Gasteiger partial charge in [-0.25, -0.2) is 16.8 Å². The molecule has 2 heterocycles. The normalized spacial score (nSPS) is 19.0. The highest BCUT2D eigenvalue weighted by atomic mass is 32.2. The predicted octanol–water partition coefficient (Wildman–Crippen LogP) is 2.56. The van der Waals surface area contributed by atoms with E-state index in [1.54, 1.807) is 6.07 Å². The van der Waals surface area contributed by atoms with E-state index < -0.39 is 37.2 Å². The van der Waals surface area contributed by atoms with Gasteiger partial charge in [0, 0.05) is 13.1 Å². The third kappa shape index (κ3) is 4.67. The SMILES string of the molecule is O=S(=O)(Cc1ccco1)[C@@H]1CCN(S(=O)(=O)c2ccc(OC(F)(F)F)cc2)C1. The van der Waals surface area contributed by atoms with E-state index in [9.17, 15) is 30.0 Å². The van der Waals surface area contributed by atoms with Crippen molar-refractivity contribution in [1.29, 1.82) is 0 Å². The van der Waals surface area contributed by atoms with Crippen LogP contribution < -0.4 is 4.74 Å². The van der Waals surface area contributed by atoms with Crippen LogP contribution in [0.2, 0.25) is 0 Å². The highest BCUT2D eigenvalue weighted by Gasteiger charge is 2.39. The van der Waals surface area contributed by atoms with Crippen molar-refractivity contribution in [3.05, 3.63) is 48.4 Å². The quantitative estimate of drug-likeness (QED) is 0.687.